The van der Waals surface area contributed by atoms with Gasteiger partial charge in [0.1, 0.15) is 0 Å². The van der Waals surface area contributed by atoms with Crippen molar-refractivity contribution in [2.45, 2.75) is 39.7 Å². The monoisotopic (exact) mass is 396 g/mol. The van der Waals surface area contributed by atoms with E-state index in [9.17, 15) is 4.79 Å². The fraction of sp³-hybridized carbons (Fsp3) is 0.222. The van der Waals surface area contributed by atoms with E-state index in [0.717, 1.165) is 23.2 Å². The Hall–Kier alpha value is -3.33. The molecule has 1 aromatic heterocycles. The molecular weight excluding hydrogens is 368 g/mol. The van der Waals surface area contributed by atoms with Gasteiger partial charge in [0, 0.05) is 40.1 Å². The maximum absolute atomic E-state index is 12.5. The molecule has 3 aromatic carbocycles. The van der Waals surface area contributed by atoms with Gasteiger partial charge in [0.25, 0.3) is 0 Å². The number of hydrogen-bond donors (Lipinski definition) is 1. The fourth-order valence-corrected chi connectivity index (χ4v) is 3.92. The number of anilines is 1. The highest BCUT2D eigenvalue weighted by Crippen LogP contribution is 2.31. The van der Waals surface area contributed by atoms with Gasteiger partial charge in [-0.25, -0.2) is 0 Å². The van der Waals surface area contributed by atoms with E-state index in [-0.39, 0.29) is 11.3 Å². The van der Waals surface area contributed by atoms with Crippen molar-refractivity contribution in [1.82, 2.24) is 4.57 Å². The van der Waals surface area contributed by atoms with Gasteiger partial charge in [-0.1, -0.05) is 63.2 Å². The average molecular weight is 397 g/mol. The summed E-state index contributed by atoms with van der Waals surface area (Å²) in [7, 11) is 0. The van der Waals surface area contributed by atoms with E-state index in [1.165, 1.54) is 22.0 Å². The second-order valence-electron chi connectivity index (χ2n) is 8.69. The Morgan fingerprint density at radius 1 is 0.933 bits per heavy atom. The van der Waals surface area contributed by atoms with Gasteiger partial charge >= 0.3 is 0 Å². The van der Waals surface area contributed by atoms with Crippen LogP contribution in [0.3, 0.4) is 0 Å². The molecule has 3 heteroatoms. The molecule has 0 fully saturated rings. The summed E-state index contributed by atoms with van der Waals surface area (Å²) in [6.07, 6.45) is 3.44. The third-order valence-electron chi connectivity index (χ3n) is 5.56. The number of aromatic nitrogens is 1. The lowest BCUT2D eigenvalue weighted by atomic mass is 9.87. The molecule has 1 amide bonds. The minimum Gasteiger partial charge on any atom is -0.341 e. The van der Waals surface area contributed by atoms with Crippen LogP contribution in [0.1, 0.15) is 38.8 Å². The van der Waals surface area contributed by atoms with Crippen molar-refractivity contribution in [2.24, 2.45) is 0 Å². The lowest BCUT2D eigenvalue weighted by Crippen LogP contribution is -2.10. The summed E-state index contributed by atoms with van der Waals surface area (Å²) in [4.78, 5) is 12.5. The number of carbonyl (C=O) groups is 1. The number of carbonyl (C=O) groups excluding carboxylic acids is 1. The molecule has 152 valence electrons. The van der Waals surface area contributed by atoms with Gasteiger partial charge in [0.2, 0.25) is 5.91 Å². The molecule has 0 radical (unpaired) electrons. The van der Waals surface area contributed by atoms with Crippen LogP contribution in [0.25, 0.3) is 27.9 Å². The molecule has 0 saturated heterocycles. The summed E-state index contributed by atoms with van der Waals surface area (Å²) in [6, 6.07) is 22.9. The van der Waals surface area contributed by atoms with Crippen molar-refractivity contribution in [3.05, 3.63) is 83.9 Å². The van der Waals surface area contributed by atoms with Crippen molar-refractivity contribution in [2.75, 3.05) is 5.32 Å². The summed E-state index contributed by atoms with van der Waals surface area (Å²) >= 11 is 0. The van der Waals surface area contributed by atoms with Gasteiger partial charge in [-0.2, -0.15) is 0 Å². The van der Waals surface area contributed by atoms with Crippen molar-refractivity contribution in [1.29, 1.82) is 0 Å². The van der Waals surface area contributed by atoms with Crippen molar-refractivity contribution >= 4 is 39.5 Å². The largest absolute Gasteiger partial charge is 0.341 e. The van der Waals surface area contributed by atoms with Crippen LogP contribution in [0.5, 0.6) is 0 Å². The molecule has 0 bridgehead atoms. The van der Waals surface area contributed by atoms with Crippen molar-refractivity contribution in [3.63, 3.8) is 0 Å². The molecule has 0 aliphatic heterocycles. The van der Waals surface area contributed by atoms with Gasteiger partial charge in [-0.3, -0.25) is 4.79 Å². The number of para-hydroxylation sites is 1. The maximum Gasteiger partial charge on any atom is 0.248 e. The summed E-state index contributed by atoms with van der Waals surface area (Å²) in [5.41, 5.74) is 5.63. The smallest absolute Gasteiger partial charge is 0.248 e. The molecule has 1 heterocycles. The molecule has 4 aromatic rings. The van der Waals surface area contributed by atoms with Crippen LogP contribution >= 0.6 is 0 Å². The second kappa shape index (κ2) is 7.83. The molecule has 0 saturated carbocycles. The minimum atomic E-state index is -0.131. The van der Waals surface area contributed by atoms with E-state index in [1.54, 1.807) is 6.08 Å². The lowest BCUT2D eigenvalue weighted by Gasteiger charge is -2.18. The number of fused-ring (bicyclic) bond motifs is 3. The third-order valence-corrected chi connectivity index (χ3v) is 5.56. The van der Waals surface area contributed by atoms with Crippen molar-refractivity contribution < 1.29 is 4.79 Å². The number of nitrogens with zero attached hydrogens (tertiary/aromatic N) is 1. The maximum atomic E-state index is 12.5. The molecule has 0 atom stereocenters. The summed E-state index contributed by atoms with van der Waals surface area (Å²) in [6.45, 7) is 9.65. The topological polar surface area (TPSA) is 34.0 Å². The lowest BCUT2D eigenvalue weighted by molar-refractivity contribution is -0.111. The number of rotatable bonds is 4. The predicted molar refractivity (Wildman–Crippen MR) is 128 cm³/mol. The normalized spacial score (nSPS) is 12.1. The van der Waals surface area contributed by atoms with Gasteiger partial charge < -0.3 is 9.88 Å². The predicted octanol–water partition coefficient (Wildman–Crippen LogP) is 6.76. The zero-order chi connectivity index (χ0) is 21.3. The van der Waals surface area contributed by atoms with Crippen LogP contribution in [0, 0.1) is 0 Å². The van der Waals surface area contributed by atoms with Crippen LogP contribution in [0.15, 0.2) is 72.8 Å². The summed E-state index contributed by atoms with van der Waals surface area (Å²) in [5.74, 6) is -0.131. The molecule has 1 N–H and O–H groups in total. The van der Waals surface area contributed by atoms with E-state index < -0.39 is 0 Å². The fourth-order valence-electron chi connectivity index (χ4n) is 3.92. The second-order valence-corrected chi connectivity index (χ2v) is 8.69. The molecule has 30 heavy (non-hydrogen) atoms. The molecular formula is C27H28N2O. The number of benzene rings is 3. The Morgan fingerprint density at radius 2 is 1.63 bits per heavy atom. The molecule has 3 nitrogen and oxygen atoms in total. The number of amides is 1. The van der Waals surface area contributed by atoms with E-state index >= 15 is 0 Å². The zero-order valence-corrected chi connectivity index (χ0v) is 18.1. The molecule has 0 aliphatic rings. The summed E-state index contributed by atoms with van der Waals surface area (Å²) < 4.78 is 2.30. The van der Waals surface area contributed by atoms with Crippen molar-refractivity contribution in [3.8, 4) is 0 Å². The molecule has 4 rings (SSSR count). The van der Waals surface area contributed by atoms with E-state index in [1.807, 2.05) is 12.1 Å². The first kappa shape index (κ1) is 20.0. The molecule has 0 aliphatic carbocycles. The van der Waals surface area contributed by atoms with E-state index in [2.05, 4.69) is 98.2 Å². The van der Waals surface area contributed by atoms with Gasteiger partial charge in [-0.05, 0) is 53.8 Å². The number of hydrogen-bond acceptors (Lipinski definition) is 1. The highest BCUT2D eigenvalue weighted by molar-refractivity contribution is 6.10. The number of nitrogens with one attached hydrogen (secondary N) is 1. The Balaban J connectivity index is 1.54. The Morgan fingerprint density at radius 3 is 2.33 bits per heavy atom. The van der Waals surface area contributed by atoms with Crippen LogP contribution in [0.4, 0.5) is 5.69 Å². The molecule has 0 unspecified atom stereocenters. The average Bonchev–Trinajstić information content (AvgIpc) is 3.05. The van der Waals surface area contributed by atoms with Crippen LogP contribution in [-0.2, 0) is 16.8 Å². The first-order valence-electron chi connectivity index (χ1n) is 10.5. The highest BCUT2D eigenvalue weighted by Gasteiger charge is 2.13. The first-order valence-corrected chi connectivity index (χ1v) is 10.5. The highest BCUT2D eigenvalue weighted by atomic mass is 16.1. The SMILES string of the molecule is CCn1c2ccccc2c2cc(NC(=O)/C=C/c3ccc(C(C)(C)C)cc3)ccc21. The molecule has 0 spiro atoms. The zero-order valence-electron chi connectivity index (χ0n) is 18.1. The Kier molecular flexibility index (Phi) is 5.21. The third kappa shape index (κ3) is 3.88. The van der Waals surface area contributed by atoms with Gasteiger partial charge in [-0.15, -0.1) is 0 Å². The van der Waals surface area contributed by atoms with Gasteiger partial charge in [0.05, 0.1) is 0 Å². The minimum absolute atomic E-state index is 0.124. The van der Waals surface area contributed by atoms with E-state index in [4.69, 9.17) is 0 Å². The van der Waals surface area contributed by atoms with Crippen LogP contribution in [-0.4, -0.2) is 10.5 Å². The Labute approximate surface area is 178 Å². The van der Waals surface area contributed by atoms with Crippen LogP contribution < -0.4 is 5.32 Å². The summed E-state index contributed by atoms with van der Waals surface area (Å²) in [5, 5.41) is 5.36. The first-order chi connectivity index (χ1) is 14.4. The standard InChI is InChI=1S/C27H28N2O/c1-5-29-24-9-7-6-8-22(24)23-18-21(15-16-25(23)29)28-26(30)17-12-19-10-13-20(14-11-19)27(2,3)4/h6-18H,5H2,1-4H3,(H,28,30)/b17-12+. The van der Waals surface area contributed by atoms with E-state index in [0.29, 0.717) is 0 Å². The Bertz CT molecular complexity index is 1240. The quantitative estimate of drug-likeness (QED) is 0.380. The number of aryl methyl sites for hydroxylation is 1. The van der Waals surface area contributed by atoms with Gasteiger partial charge in [0.15, 0.2) is 0 Å². The van der Waals surface area contributed by atoms with Crippen LogP contribution in [0.2, 0.25) is 0 Å².